The molecular weight excluding hydrogens is 312 g/mol. The van der Waals surface area contributed by atoms with Crippen LogP contribution in [0.5, 0.6) is 0 Å². The maximum atomic E-state index is 13.0. The monoisotopic (exact) mass is 340 g/mol. The Bertz CT molecular complexity index is 750. The van der Waals surface area contributed by atoms with Gasteiger partial charge in [0.1, 0.15) is 0 Å². The van der Waals surface area contributed by atoms with Crippen LogP contribution >= 0.6 is 0 Å². The van der Waals surface area contributed by atoms with Crippen LogP contribution in [0.1, 0.15) is 41.4 Å². The van der Waals surface area contributed by atoms with E-state index in [9.17, 15) is 4.79 Å². The molecule has 0 saturated carbocycles. The van der Waals surface area contributed by atoms with Crippen LogP contribution in [0.2, 0.25) is 0 Å². The standard InChI is InChI=1S/C20H28N4O/c1-15-12-17(23(4)21-15)13-24(20(25)14-22(2)3)19-11-7-9-16-8-5-6-10-18(16)19/h5-6,8,10,12,19H,7,9,11,13-14H2,1-4H3/t19-/m1/s1. The largest absolute Gasteiger partial charge is 0.329 e. The second-order valence-electron chi connectivity index (χ2n) is 7.27. The number of aromatic nitrogens is 2. The quantitative estimate of drug-likeness (QED) is 0.840. The number of carbonyl (C=O) groups is 1. The van der Waals surface area contributed by atoms with Gasteiger partial charge in [-0.1, -0.05) is 24.3 Å². The smallest absolute Gasteiger partial charge is 0.237 e. The van der Waals surface area contributed by atoms with Gasteiger partial charge in [-0.3, -0.25) is 9.48 Å². The first kappa shape index (κ1) is 17.7. The number of nitrogens with zero attached hydrogens (tertiary/aromatic N) is 4. The fraction of sp³-hybridized carbons (Fsp3) is 0.500. The van der Waals surface area contributed by atoms with E-state index in [-0.39, 0.29) is 11.9 Å². The van der Waals surface area contributed by atoms with Gasteiger partial charge in [-0.25, -0.2) is 0 Å². The van der Waals surface area contributed by atoms with Crippen molar-refractivity contribution in [2.45, 2.75) is 38.8 Å². The number of aryl methyl sites for hydroxylation is 3. The molecule has 1 heterocycles. The highest BCUT2D eigenvalue weighted by atomic mass is 16.2. The molecule has 25 heavy (non-hydrogen) atoms. The molecule has 1 aliphatic rings. The van der Waals surface area contributed by atoms with Crippen LogP contribution in [0.25, 0.3) is 0 Å². The van der Waals surface area contributed by atoms with Gasteiger partial charge in [0.25, 0.3) is 0 Å². The summed E-state index contributed by atoms with van der Waals surface area (Å²) < 4.78 is 1.89. The highest BCUT2D eigenvalue weighted by Gasteiger charge is 2.30. The number of fused-ring (bicyclic) bond motifs is 1. The van der Waals surface area contributed by atoms with Crippen LogP contribution in [0, 0.1) is 6.92 Å². The van der Waals surface area contributed by atoms with E-state index in [1.165, 1.54) is 11.1 Å². The van der Waals surface area contributed by atoms with E-state index in [0.717, 1.165) is 30.7 Å². The van der Waals surface area contributed by atoms with Gasteiger partial charge in [-0.15, -0.1) is 0 Å². The second kappa shape index (κ2) is 7.40. The lowest BCUT2D eigenvalue weighted by molar-refractivity contribution is -0.135. The van der Waals surface area contributed by atoms with Crippen molar-refractivity contribution in [2.75, 3.05) is 20.6 Å². The van der Waals surface area contributed by atoms with Gasteiger partial charge in [0, 0.05) is 7.05 Å². The lowest BCUT2D eigenvalue weighted by atomic mass is 9.86. The number of hydrogen-bond donors (Lipinski definition) is 0. The Morgan fingerprint density at radius 3 is 2.76 bits per heavy atom. The average molecular weight is 340 g/mol. The van der Waals surface area contributed by atoms with Gasteiger partial charge < -0.3 is 9.80 Å². The molecule has 0 aliphatic heterocycles. The molecule has 1 aromatic heterocycles. The van der Waals surface area contributed by atoms with Crippen LogP contribution in [0.4, 0.5) is 0 Å². The Balaban J connectivity index is 1.94. The third-order valence-corrected chi connectivity index (χ3v) is 4.92. The van der Waals surface area contributed by atoms with E-state index < -0.39 is 0 Å². The Hall–Kier alpha value is -2.14. The van der Waals surface area contributed by atoms with E-state index in [1.807, 2.05) is 37.6 Å². The normalized spacial score (nSPS) is 16.8. The van der Waals surface area contributed by atoms with Crippen LogP contribution < -0.4 is 0 Å². The number of benzene rings is 1. The molecule has 1 aromatic carbocycles. The van der Waals surface area contributed by atoms with E-state index in [1.54, 1.807) is 0 Å². The zero-order chi connectivity index (χ0) is 18.0. The van der Waals surface area contributed by atoms with E-state index >= 15 is 0 Å². The predicted octanol–water partition coefficient (Wildman–Crippen LogP) is 2.70. The topological polar surface area (TPSA) is 41.4 Å². The van der Waals surface area contributed by atoms with Gasteiger partial charge in [0.2, 0.25) is 5.91 Å². The van der Waals surface area contributed by atoms with E-state index in [2.05, 4.69) is 40.3 Å². The first-order chi connectivity index (χ1) is 12.0. The summed E-state index contributed by atoms with van der Waals surface area (Å²) in [6.45, 7) is 3.02. The lowest BCUT2D eigenvalue weighted by Crippen LogP contribution is -2.41. The molecule has 5 heteroatoms. The summed E-state index contributed by atoms with van der Waals surface area (Å²) in [5.41, 5.74) is 4.75. The minimum Gasteiger partial charge on any atom is -0.329 e. The molecule has 3 rings (SSSR count). The zero-order valence-electron chi connectivity index (χ0n) is 15.7. The van der Waals surface area contributed by atoms with Crippen LogP contribution in [-0.4, -0.2) is 46.1 Å². The molecule has 5 nitrogen and oxygen atoms in total. The molecular formula is C20H28N4O. The van der Waals surface area contributed by atoms with Crippen molar-refractivity contribution >= 4 is 5.91 Å². The maximum Gasteiger partial charge on any atom is 0.237 e. The summed E-state index contributed by atoms with van der Waals surface area (Å²) in [5.74, 6) is 0.172. The Kier molecular flexibility index (Phi) is 5.23. The van der Waals surface area contributed by atoms with Gasteiger partial charge in [0.05, 0.1) is 30.5 Å². The minimum absolute atomic E-state index is 0.146. The van der Waals surface area contributed by atoms with Gasteiger partial charge in [-0.05, 0) is 57.5 Å². The van der Waals surface area contributed by atoms with Crippen molar-refractivity contribution in [3.05, 3.63) is 52.8 Å². The maximum absolute atomic E-state index is 13.0. The Labute approximate surface area is 150 Å². The number of amides is 1. The van der Waals surface area contributed by atoms with Gasteiger partial charge in [0.15, 0.2) is 0 Å². The van der Waals surface area contributed by atoms with Gasteiger partial charge in [-0.2, -0.15) is 5.10 Å². The summed E-state index contributed by atoms with van der Waals surface area (Å²) in [7, 11) is 5.84. The molecule has 1 aliphatic carbocycles. The van der Waals surface area contributed by atoms with E-state index in [4.69, 9.17) is 0 Å². The summed E-state index contributed by atoms with van der Waals surface area (Å²) >= 11 is 0. The van der Waals surface area contributed by atoms with Crippen molar-refractivity contribution < 1.29 is 4.79 Å². The molecule has 0 saturated heterocycles. The molecule has 134 valence electrons. The first-order valence-electron chi connectivity index (χ1n) is 8.97. The van der Waals surface area contributed by atoms with Gasteiger partial charge >= 0.3 is 0 Å². The third kappa shape index (κ3) is 3.93. The van der Waals surface area contributed by atoms with E-state index in [0.29, 0.717) is 13.1 Å². The fourth-order valence-electron chi connectivity index (χ4n) is 3.77. The summed E-state index contributed by atoms with van der Waals surface area (Å²) in [5, 5.41) is 4.44. The highest BCUT2D eigenvalue weighted by molar-refractivity contribution is 5.78. The average Bonchev–Trinajstić information content (AvgIpc) is 2.89. The summed E-state index contributed by atoms with van der Waals surface area (Å²) in [4.78, 5) is 17.0. The van der Waals surface area contributed by atoms with Crippen molar-refractivity contribution in [2.24, 2.45) is 7.05 Å². The molecule has 0 unspecified atom stereocenters. The Morgan fingerprint density at radius 1 is 1.32 bits per heavy atom. The number of likely N-dealkylation sites (N-methyl/N-ethyl adjacent to an activating group) is 1. The highest BCUT2D eigenvalue weighted by Crippen LogP contribution is 2.35. The first-order valence-corrected chi connectivity index (χ1v) is 8.97. The van der Waals surface area contributed by atoms with Crippen molar-refractivity contribution in [3.8, 4) is 0 Å². The summed E-state index contributed by atoms with van der Waals surface area (Å²) in [6, 6.07) is 10.8. The molecule has 0 N–H and O–H groups in total. The van der Waals surface area contributed by atoms with Crippen molar-refractivity contribution in [1.82, 2.24) is 19.6 Å². The SMILES string of the molecule is Cc1cc(CN(C(=O)CN(C)C)[C@@H]2CCCc3ccccc32)n(C)n1. The number of rotatable bonds is 5. The zero-order valence-corrected chi connectivity index (χ0v) is 15.7. The fourth-order valence-corrected chi connectivity index (χ4v) is 3.77. The third-order valence-electron chi connectivity index (χ3n) is 4.92. The molecule has 1 amide bonds. The molecule has 1 atom stereocenters. The van der Waals surface area contributed by atoms with Crippen molar-refractivity contribution in [1.29, 1.82) is 0 Å². The van der Waals surface area contributed by atoms with Crippen molar-refractivity contribution in [3.63, 3.8) is 0 Å². The summed E-state index contributed by atoms with van der Waals surface area (Å²) in [6.07, 6.45) is 3.25. The predicted molar refractivity (Wildman–Crippen MR) is 99.2 cm³/mol. The van der Waals surface area contributed by atoms with Crippen LogP contribution in [-0.2, 0) is 24.8 Å². The molecule has 0 fully saturated rings. The molecule has 0 bridgehead atoms. The Morgan fingerprint density at radius 2 is 2.08 bits per heavy atom. The molecule has 2 aromatic rings. The van der Waals surface area contributed by atoms with Crippen LogP contribution in [0.15, 0.2) is 30.3 Å². The second-order valence-corrected chi connectivity index (χ2v) is 7.27. The minimum atomic E-state index is 0.146. The molecule has 0 radical (unpaired) electrons. The lowest BCUT2D eigenvalue weighted by Gasteiger charge is -2.36. The number of carbonyl (C=O) groups excluding carboxylic acids is 1. The van der Waals surface area contributed by atoms with Crippen LogP contribution in [0.3, 0.4) is 0 Å². The number of hydrogen-bond acceptors (Lipinski definition) is 3. The molecule has 0 spiro atoms.